The second-order valence-corrected chi connectivity index (χ2v) is 15.5. The molecule has 0 saturated heterocycles. The summed E-state index contributed by atoms with van der Waals surface area (Å²) in [5.41, 5.74) is 10.0. The van der Waals surface area contributed by atoms with Gasteiger partial charge in [-0.2, -0.15) is 0 Å². The number of aromatic nitrogens is 5. The SMILES string of the molecule is CC(C)N(CCCn1c(Sc2cc3c(cc2-c2ncco2)OCO3)nc2c(N)ncnc21)C(=S)Nc1ccc(-c2c3ccc(=O)cc-3oc3cc(O)ccc23)c(C(=O)O)c1. The Morgan fingerprint density at radius 2 is 1.83 bits per heavy atom. The number of aryl methyl sites for hydroxylation is 1. The van der Waals surface area contributed by atoms with Crippen molar-refractivity contribution in [3.8, 4) is 51.2 Å². The minimum Gasteiger partial charge on any atom is -0.508 e. The molecule has 302 valence electrons. The molecule has 2 aliphatic heterocycles. The Bertz CT molecular complexity index is 3000. The zero-order valence-electron chi connectivity index (χ0n) is 31.9. The van der Waals surface area contributed by atoms with Crippen molar-refractivity contribution in [2.75, 3.05) is 24.4 Å². The maximum absolute atomic E-state index is 12.9. The maximum Gasteiger partial charge on any atom is 0.336 e. The van der Waals surface area contributed by atoms with Crippen LogP contribution in [0.2, 0.25) is 0 Å². The van der Waals surface area contributed by atoms with Gasteiger partial charge in [-0.1, -0.05) is 17.8 Å². The second kappa shape index (κ2) is 15.5. The van der Waals surface area contributed by atoms with Crippen LogP contribution in [-0.4, -0.2) is 70.1 Å². The fraction of sp³-hybridized carbons (Fsp3) is 0.167. The highest BCUT2D eigenvalue weighted by Crippen LogP contribution is 2.45. The topological polar surface area (TPSA) is 217 Å². The van der Waals surface area contributed by atoms with Gasteiger partial charge in [-0.3, -0.25) is 4.79 Å². The van der Waals surface area contributed by atoms with Gasteiger partial charge < -0.3 is 49.0 Å². The molecule has 0 spiro atoms. The van der Waals surface area contributed by atoms with Crippen LogP contribution in [0.3, 0.4) is 0 Å². The van der Waals surface area contributed by atoms with Gasteiger partial charge in [-0.25, -0.2) is 24.7 Å². The number of nitrogens with one attached hydrogen (secondary N) is 1. The number of phenolic OH excluding ortho intramolecular Hbond substituents is 1. The number of benzene rings is 4. The molecule has 18 heteroatoms. The van der Waals surface area contributed by atoms with E-state index in [9.17, 15) is 19.8 Å². The third-order valence-corrected chi connectivity index (χ3v) is 11.4. The third kappa shape index (κ3) is 7.15. The number of imidazole rings is 1. The number of carboxylic acid groups (broad SMARTS) is 1. The molecule has 5 heterocycles. The lowest BCUT2D eigenvalue weighted by atomic mass is 9.90. The van der Waals surface area contributed by atoms with E-state index in [4.69, 9.17) is 41.2 Å². The van der Waals surface area contributed by atoms with Crippen LogP contribution in [0.1, 0.15) is 30.6 Å². The van der Waals surface area contributed by atoms with Gasteiger partial charge in [0, 0.05) is 58.4 Å². The molecule has 0 amide bonds. The smallest absolute Gasteiger partial charge is 0.336 e. The minimum absolute atomic E-state index is 0.00121. The van der Waals surface area contributed by atoms with Gasteiger partial charge in [0.1, 0.15) is 29.7 Å². The number of ether oxygens (including phenoxy) is 2. The Balaban J connectivity index is 0.980. The lowest BCUT2D eigenvalue weighted by Crippen LogP contribution is -2.40. The molecule has 3 aromatic heterocycles. The molecule has 60 heavy (non-hydrogen) atoms. The molecule has 0 radical (unpaired) electrons. The number of aromatic carboxylic acids is 1. The van der Waals surface area contributed by atoms with E-state index < -0.39 is 5.97 Å². The Morgan fingerprint density at radius 3 is 2.62 bits per heavy atom. The van der Waals surface area contributed by atoms with Gasteiger partial charge in [0.05, 0.1) is 17.3 Å². The van der Waals surface area contributed by atoms with Crippen molar-refractivity contribution in [3.63, 3.8) is 0 Å². The van der Waals surface area contributed by atoms with Gasteiger partial charge in [-0.15, -0.1) is 0 Å². The number of anilines is 2. The number of carboxylic acids is 1. The largest absolute Gasteiger partial charge is 0.508 e. The zero-order chi connectivity index (χ0) is 41.7. The second-order valence-electron chi connectivity index (χ2n) is 14.1. The van der Waals surface area contributed by atoms with Crippen molar-refractivity contribution < 1.29 is 33.3 Å². The Morgan fingerprint density at radius 1 is 1.02 bits per heavy atom. The van der Waals surface area contributed by atoms with E-state index in [-0.39, 0.29) is 41.2 Å². The Hall–Kier alpha value is -7.18. The number of thiocarbonyl (C=S) groups is 1. The third-order valence-electron chi connectivity index (χ3n) is 9.98. The number of aromatic hydroxyl groups is 1. The molecule has 3 aromatic carbocycles. The molecule has 0 bridgehead atoms. The van der Waals surface area contributed by atoms with E-state index in [0.29, 0.717) is 97.2 Å². The molecule has 5 N–H and O–H groups in total. The molecule has 0 atom stereocenters. The zero-order valence-corrected chi connectivity index (χ0v) is 33.5. The molecule has 0 fully saturated rings. The summed E-state index contributed by atoms with van der Waals surface area (Å²) in [4.78, 5) is 45.8. The van der Waals surface area contributed by atoms with Gasteiger partial charge in [-0.05, 0) is 86.6 Å². The summed E-state index contributed by atoms with van der Waals surface area (Å²) in [6.07, 6.45) is 5.09. The standard InChI is InChI=1S/C42H34N8O8S2/c1-21(2)49(41(59)47-22-4-7-25(28(14-22)40(53)54)35-26-8-5-23(51)15-30(26)58-31-16-24(52)6-9-27(31)35)11-3-12-50-38-36(37(43)45-19-46-38)48-42(50)60-34-18-33-32(56-20-57-33)17-29(34)39-44-10-13-55-39/h4-10,13-19,21,51H,3,11-12,20H2,1-2H3,(H,47,59)(H,53,54)(H2,43,45,46). The van der Waals surface area contributed by atoms with Crippen LogP contribution in [0.25, 0.3) is 56.0 Å². The summed E-state index contributed by atoms with van der Waals surface area (Å²) >= 11 is 7.32. The normalized spacial score (nSPS) is 12.2. The monoisotopic (exact) mass is 842 g/mol. The fourth-order valence-corrected chi connectivity index (χ4v) is 8.66. The average Bonchev–Trinajstić information content (AvgIpc) is 3.99. The van der Waals surface area contributed by atoms with Gasteiger partial charge in [0.15, 0.2) is 44.2 Å². The Kier molecular flexibility index (Phi) is 9.93. The van der Waals surface area contributed by atoms with Crippen LogP contribution in [0.5, 0.6) is 17.2 Å². The highest BCUT2D eigenvalue weighted by atomic mass is 32.2. The highest BCUT2D eigenvalue weighted by molar-refractivity contribution is 7.99. The first-order valence-electron chi connectivity index (χ1n) is 18.7. The number of hydrogen-bond acceptors (Lipinski definition) is 14. The Labute approximate surface area is 350 Å². The van der Waals surface area contributed by atoms with E-state index in [1.165, 1.54) is 54.7 Å². The molecular formula is C42H34N8O8S2. The number of phenols is 1. The first-order valence-corrected chi connectivity index (χ1v) is 19.9. The van der Waals surface area contributed by atoms with E-state index in [1.54, 1.807) is 30.5 Å². The number of nitrogens with two attached hydrogens (primary N) is 1. The van der Waals surface area contributed by atoms with Crippen LogP contribution in [0.15, 0.2) is 109 Å². The van der Waals surface area contributed by atoms with Crippen molar-refractivity contribution in [1.29, 1.82) is 0 Å². The first kappa shape index (κ1) is 38.3. The lowest BCUT2D eigenvalue weighted by molar-refractivity contribution is 0.0697. The average molecular weight is 843 g/mol. The van der Waals surface area contributed by atoms with Crippen LogP contribution < -0.4 is 26.0 Å². The predicted octanol–water partition coefficient (Wildman–Crippen LogP) is 7.72. The van der Waals surface area contributed by atoms with E-state index in [0.717, 1.165) is 4.90 Å². The lowest BCUT2D eigenvalue weighted by Gasteiger charge is -2.30. The van der Waals surface area contributed by atoms with E-state index >= 15 is 0 Å². The van der Waals surface area contributed by atoms with E-state index in [2.05, 4.69) is 20.3 Å². The summed E-state index contributed by atoms with van der Waals surface area (Å²) < 4.78 is 24.9. The number of hydrogen-bond donors (Lipinski definition) is 4. The summed E-state index contributed by atoms with van der Waals surface area (Å²) in [5.74, 6) is 0.894. The minimum atomic E-state index is -1.17. The highest BCUT2D eigenvalue weighted by Gasteiger charge is 2.26. The van der Waals surface area contributed by atoms with Crippen molar-refractivity contribution in [3.05, 3.63) is 101 Å². The first-order chi connectivity index (χ1) is 29.0. The fourth-order valence-electron chi connectivity index (χ4n) is 7.20. The van der Waals surface area contributed by atoms with Crippen molar-refractivity contribution in [1.82, 2.24) is 29.4 Å². The molecule has 0 unspecified atom stereocenters. The quantitative estimate of drug-likeness (QED) is 0.0724. The number of rotatable bonds is 11. The molecule has 6 aromatic rings. The molecular weight excluding hydrogens is 809 g/mol. The maximum atomic E-state index is 12.9. The van der Waals surface area contributed by atoms with Crippen molar-refractivity contribution in [2.24, 2.45) is 0 Å². The van der Waals surface area contributed by atoms with Crippen molar-refractivity contribution in [2.45, 2.75) is 42.9 Å². The van der Waals surface area contributed by atoms with Crippen LogP contribution >= 0.6 is 24.0 Å². The predicted molar refractivity (Wildman–Crippen MR) is 228 cm³/mol. The number of oxazole rings is 1. The van der Waals surface area contributed by atoms with Crippen LogP contribution in [0, 0.1) is 0 Å². The summed E-state index contributed by atoms with van der Waals surface area (Å²) in [7, 11) is 0. The number of fused-ring (bicyclic) bond motifs is 4. The molecule has 0 saturated carbocycles. The molecule has 16 nitrogen and oxygen atoms in total. The molecule has 1 aliphatic carbocycles. The summed E-state index contributed by atoms with van der Waals surface area (Å²) in [5, 5.41) is 25.5. The number of nitrogens with zero attached hydrogens (tertiary/aromatic N) is 6. The number of carbonyl (C=O) groups is 1. The summed E-state index contributed by atoms with van der Waals surface area (Å²) in [6.45, 7) is 5.14. The van der Waals surface area contributed by atoms with Crippen LogP contribution in [0.4, 0.5) is 11.5 Å². The van der Waals surface area contributed by atoms with Crippen LogP contribution in [-0.2, 0) is 6.54 Å². The van der Waals surface area contributed by atoms with Gasteiger partial charge >= 0.3 is 5.97 Å². The van der Waals surface area contributed by atoms with E-state index in [1.807, 2.05) is 35.4 Å². The summed E-state index contributed by atoms with van der Waals surface area (Å²) in [6, 6.07) is 17.6. The van der Waals surface area contributed by atoms with Gasteiger partial charge in [0.2, 0.25) is 12.7 Å². The number of nitrogen functional groups attached to an aromatic ring is 1. The molecule has 3 aliphatic rings. The molecule has 9 rings (SSSR count). The van der Waals surface area contributed by atoms with Crippen molar-refractivity contribution >= 4 is 68.7 Å². The van der Waals surface area contributed by atoms with Gasteiger partial charge in [0.25, 0.3) is 0 Å².